The number of hydrogen-bond donors (Lipinski definition) is 2. The van der Waals surface area contributed by atoms with E-state index in [-0.39, 0.29) is 0 Å². The molecule has 2 aromatic heterocycles. The van der Waals surface area contributed by atoms with Crippen LogP contribution < -0.4 is 10.6 Å². The second kappa shape index (κ2) is 8.76. The van der Waals surface area contributed by atoms with E-state index in [9.17, 15) is 0 Å². The Morgan fingerprint density at radius 2 is 1.64 bits per heavy atom. The van der Waals surface area contributed by atoms with E-state index in [1.54, 1.807) is 12.3 Å². The predicted molar refractivity (Wildman–Crippen MR) is 116 cm³/mol. The van der Waals surface area contributed by atoms with Gasteiger partial charge in [0.25, 0.3) is 0 Å². The minimum Gasteiger partial charge on any atom is -0.351 e. The lowest BCUT2D eigenvalue weighted by Crippen LogP contribution is -2.23. The molecule has 2 N–H and O–H groups in total. The third kappa shape index (κ3) is 4.91. The molecule has 0 unspecified atom stereocenters. The van der Waals surface area contributed by atoms with Crippen LogP contribution in [0.15, 0.2) is 48.7 Å². The van der Waals surface area contributed by atoms with Gasteiger partial charge >= 0.3 is 0 Å². The minimum atomic E-state index is 0.404. The average molecular weight is 414 g/mol. The molecule has 0 bridgehead atoms. The molecule has 0 saturated heterocycles. The normalized spacial score (nSPS) is 14.6. The molecule has 3 aromatic rings. The van der Waals surface area contributed by atoms with Gasteiger partial charge in [0.05, 0.1) is 11.4 Å². The predicted octanol–water partition coefficient (Wildman–Crippen LogP) is 6.33. The molecule has 0 aliphatic heterocycles. The maximum absolute atomic E-state index is 6.12. The number of pyridine rings is 1. The molecule has 0 spiro atoms. The summed E-state index contributed by atoms with van der Waals surface area (Å²) in [6.45, 7) is 0. The van der Waals surface area contributed by atoms with Crippen LogP contribution in [0.4, 0.5) is 17.5 Å². The summed E-state index contributed by atoms with van der Waals surface area (Å²) in [6, 6.07) is 13.4. The van der Waals surface area contributed by atoms with Gasteiger partial charge in [-0.3, -0.25) is 4.98 Å². The lowest BCUT2D eigenvalue weighted by Gasteiger charge is -2.23. The third-order valence-corrected chi connectivity index (χ3v) is 5.16. The Labute approximate surface area is 174 Å². The van der Waals surface area contributed by atoms with Gasteiger partial charge in [0.1, 0.15) is 5.82 Å². The second-order valence-electron chi connectivity index (χ2n) is 6.94. The zero-order valence-electron chi connectivity index (χ0n) is 15.3. The molecule has 28 heavy (non-hydrogen) atoms. The number of halogens is 2. The van der Waals surface area contributed by atoms with Crippen LogP contribution in [-0.2, 0) is 0 Å². The monoisotopic (exact) mass is 413 g/mol. The number of benzene rings is 1. The molecule has 5 nitrogen and oxygen atoms in total. The smallest absolute Gasteiger partial charge is 0.225 e. The molecule has 1 aliphatic carbocycles. The summed E-state index contributed by atoms with van der Waals surface area (Å²) in [7, 11) is 0. The fraction of sp³-hybridized carbons (Fsp3) is 0.286. The van der Waals surface area contributed by atoms with Crippen LogP contribution in [0.2, 0.25) is 10.0 Å². The number of aromatic nitrogens is 3. The van der Waals surface area contributed by atoms with Gasteiger partial charge in [0.2, 0.25) is 5.95 Å². The van der Waals surface area contributed by atoms with E-state index in [1.807, 2.05) is 36.4 Å². The maximum atomic E-state index is 6.12. The van der Waals surface area contributed by atoms with E-state index in [0.717, 1.165) is 29.9 Å². The Morgan fingerprint density at radius 3 is 2.36 bits per heavy atom. The molecule has 0 amide bonds. The standard InChI is InChI=1S/C21H21Cl2N5/c22-14-10-15(23)12-17(11-14)25-20-13-19(18-8-4-5-9-24-18)27-21(28-20)26-16-6-2-1-3-7-16/h4-5,8-13,16H,1-3,6-7H2,(H2,25,26,27,28). The summed E-state index contributed by atoms with van der Waals surface area (Å²) in [6.07, 6.45) is 7.83. The van der Waals surface area contributed by atoms with Gasteiger partial charge in [-0.15, -0.1) is 0 Å². The molecule has 0 radical (unpaired) electrons. The van der Waals surface area contributed by atoms with Crippen molar-refractivity contribution in [3.63, 3.8) is 0 Å². The Morgan fingerprint density at radius 1 is 0.857 bits per heavy atom. The second-order valence-corrected chi connectivity index (χ2v) is 7.81. The first-order valence-electron chi connectivity index (χ1n) is 9.46. The zero-order valence-corrected chi connectivity index (χ0v) is 16.8. The molecule has 7 heteroatoms. The van der Waals surface area contributed by atoms with Gasteiger partial charge in [-0.25, -0.2) is 4.98 Å². The Kier molecular flexibility index (Phi) is 5.93. The number of nitrogens with one attached hydrogen (secondary N) is 2. The van der Waals surface area contributed by atoms with Crippen molar-refractivity contribution in [2.24, 2.45) is 0 Å². The number of hydrogen-bond acceptors (Lipinski definition) is 5. The lowest BCUT2D eigenvalue weighted by molar-refractivity contribution is 0.461. The summed E-state index contributed by atoms with van der Waals surface area (Å²) >= 11 is 12.2. The Bertz CT molecular complexity index is 923. The van der Waals surface area contributed by atoms with E-state index in [0.29, 0.717) is 27.9 Å². The van der Waals surface area contributed by atoms with Crippen molar-refractivity contribution in [3.8, 4) is 11.4 Å². The van der Waals surface area contributed by atoms with Gasteiger partial charge in [-0.2, -0.15) is 4.98 Å². The van der Waals surface area contributed by atoms with Crippen LogP contribution in [0.3, 0.4) is 0 Å². The first-order chi connectivity index (χ1) is 13.7. The van der Waals surface area contributed by atoms with Crippen LogP contribution in [-0.4, -0.2) is 21.0 Å². The van der Waals surface area contributed by atoms with Crippen LogP contribution in [0.25, 0.3) is 11.4 Å². The first-order valence-corrected chi connectivity index (χ1v) is 10.2. The fourth-order valence-corrected chi connectivity index (χ4v) is 3.95. The molecule has 1 fully saturated rings. The van der Waals surface area contributed by atoms with E-state index in [2.05, 4.69) is 20.6 Å². The highest BCUT2D eigenvalue weighted by molar-refractivity contribution is 6.35. The quantitative estimate of drug-likeness (QED) is 0.511. The molecule has 2 heterocycles. The highest BCUT2D eigenvalue weighted by Gasteiger charge is 2.16. The van der Waals surface area contributed by atoms with Crippen LogP contribution in [0, 0.1) is 0 Å². The molecule has 0 atom stereocenters. The molecule has 4 rings (SSSR count). The van der Waals surface area contributed by atoms with Crippen molar-refractivity contribution >= 4 is 40.7 Å². The molecule has 1 aromatic carbocycles. The largest absolute Gasteiger partial charge is 0.351 e. The minimum absolute atomic E-state index is 0.404. The van der Waals surface area contributed by atoms with Crippen molar-refractivity contribution in [1.82, 2.24) is 15.0 Å². The SMILES string of the molecule is Clc1cc(Cl)cc(Nc2cc(-c3ccccn3)nc(NC3CCCCC3)n2)c1. The van der Waals surface area contributed by atoms with E-state index in [4.69, 9.17) is 28.2 Å². The van der Waals surface area contributed by atoms with E-state index in [1.165, 1.54) is 19.3 Å². The molecule has 1 saturated carbocycles. The molecular weight excluding hydrogens is 393 g/mol. The van der Waals surface area contributed by atoms with Gasteiger partial charge in [-0.1, -0.05) is 48.5 Å². The van der Waals surface area contributed by atoms with Gasteiger partial charge in [-0.05, 0) is 43.2 Å². The number of rotatable bonds is 5. The number of anilines is 3. The fourth-order valence-electron chi connectivity index (χ4n) is 3.42. The number of nitrogens with zero attached hydrogens (tertiary/aromatic N) is 3. The highest BCUT2D eigenvalue weighted by Crippen LogP contribution is 2.28. The Hall–Kier alpha value is -2.37. The van der Waals surface area contributed by atoms with Crippen molar-refractivity contribution in [2.45, 2.75) is 38.1 Å². The van der Waals surface area contributed by atoms with Crippen molar-refractivity contribution in [3.05, 3.63) is 58.7 Å². The zero-order chi connectivity index (χ0) is 19.3. The van der Waals surface area contributed by atoms with Gasteiger partial charge in [0.15, 0.2) is 0 Å². The summed E-state index contributed by atoms with van der Waals surface area (Å²) in [5, 5.41) is 7.91. The van der Waals surface area contributed by atoms with E-state index >= 15 is 0 Å². The molecular formula is C21H21Cl2N5. The highest BCUT2D eigenvalue weighted by atomic mass is 35.5. The molecule has 144 valence electrons. The molecule has 1 aliphatic rings. The van der Waals surface area contributed by atoms with Crippen molar-refractivity contribution in [1.29, 1.82) is 0 Å². The van der Waals surface area contributed by atoms with Gasteiger partial charge < -0.3 is 10.6 Å². The average Bonchev–Trinajstić information content (AvgIpc) is 2.68. The van der Waals surface area contributed by atoms with E-state index < -0.39 is 0 Å². The first kappa shape index (κ1) is 19.0. The van der Waals surface area contributed by atoms with Crippen molar-refractivity contribution < 1.29 is 0 Å². The topological polar surface area (TPSA) is 62.7 Å². The summed E-state index contributed by atoms with van der Waals surface area (Å²) in [4.78, 5) is 13.8. The summed E-state index contributed by atoms with van der Waals surface area (Å²) in [5.41, 5.74) is 2.32. The Balaban J connectivity index is 1.66. The summed E-state index contributed by atoms with van der Waals surface area (Å²) < 4.78 is 0. The van der Waals surface area contributed by atoms with Crippen LogP contribution in [0.1, 0.15) is 32.1 Å². The summed E-state index contributed by atoms with van der Waals surface area (Å²) in [5.74, 6) is 1.26. The lowest BCUT2D eigenvalue weighted by atomic mass is 9.96. The van der Waals surface area contributed by atoms with Crippen LogP contribution >= 0.6 is 23.2 Å². The third-order valence-electron chi connectivity index (χ3n) is 4.73. The van der Waals surface area contributed by atoms with Crippen LogP contribution in [0.5, 0.6) is 0 Å². The van der Waals surface area contributed by atoms with Crippen molar-refractivity contribution in [2.75, 3.05) is 10.6 Å². The van der Waals surface area contributed by atoms with Gasteiger partial charge in [0, 0.05) is 34.0 Å². The maximum Gasteiger partial charge on any atom is 0.225 e.